The molecule has 0 aliphatic carbocycles. The van der Waals surface area contributed by atoms with Crippen LogP contribution in [0.25, 0.3) is 0 Å². The molecule has 0 atom stereocenters. The summed E-state index contributed by atoms with van der Waals surface area (Å²) in [7, 11) is -3.34. The maximum atomic E-state index is 12.6. The zero-order valence-electron chi connectivity index (χ0n) is 10.7. The van der Waals surface area contributed by atoms with E-state index in [1.807, 2.05) is 6.92 Å². The van der Waals surface area contributed by atoms with Crippen LogP contribution in [-0.2, 0) is 16.6 Å². The van der Waals surface area contributed by atoms with E-state index < -0.39 is 10.0 Å². The van der Waals surface area contributed by atoms with Gasteiger partial charge in [-0.2, -0.15) is 16.1 Å². The number of hydrogen-bond acceptors (Lipinski definition) is 5. The first-order valence-corrected chi connectivity index (χ1v) is 10.3. The predicted octanol–water partition coefficient (Wildman–Crippen LogP) is 2.36. The summed E-state index contributed by atoms with van der Waals surface area (Å²) in [5.41, 5.74) is 0. The van der Waals surface area contributed by atoms with Gasteiger partial charge in [0.25, 0.3) is 0 Å². The van der Waals surface area contributed by atoms with Crippen molar-refractivity contribution >= 4 is 49.1 Å². The molecule has 2 heterocycles. The van der Waals surface area contributed by atoms with Gasteiger partial charge in [-0.3, -0.25) is 0 Å². The Hall–Kier alpha value is 0.400. The SMILES string of the molecule is CCNCc1cc(S(=O)(=O)N2CCSCC2)c(Br)s1. The van der Waals surface area contributed by atoms with E-state index in [0.29, 0.717) is 28.3 Å². The maximum absolute atomic E-state index is 12.6. The summed E-state index contributed by atoms with van der Waals surface area (Å²) in [5, 5.41) is 3.21. The number of nitrogens with zero attached hydrogens (tertiary/aromatic N) is 1. The highest BCUT2D eigenvalue weighted by molar-refractivity contribution is 9.11. The molecule has 108 valence electrons. The molecule has 1 saturated heterocycles. The van der Waals surface area contributed by atoms with Gasteiger partial charge in [0, 0.05) is 36.0 Å². The van der Waals surface area contributed by atoms with E-state index in [2.05, 4.69) is 21.2 Å². The van der Waals surface area contributed by atoms with E-state index in [-0.39, 0.29) is 0 Å². The maximum Gasteiger partial charge on any atom is 0.245 e. The van der Waals surface area contributed by atoms with Crippen LogP contribution in [0.5, 0.6) is 0 Å². The van der Waals surface area contributed by atoms with E-state index in [9.17, 15) is 8.42 Å². The summed E-state index contributed by atoms with van der Waals surface area (Å²) in [6.45, 7) is 4.84. The Morgan fingerprint density at radius 2 is 2.11 bits per heavy atom. The van der Waals surface area contributed by atoms with Gasteiger partial charge in [-0.05, 0) is 28.5 Å². The largest absolute Gasteiger partial charge is 0.312 e. The number of halogens is 1. The Balaban J connectivity index is 2.21. The van der Waals surface area contributed by atoms with Gasteiger partial charge in [0.1, 0.15) is 4.90 Å². The Morgan fingerprint density at radius 1 is 1.42 bits per heavy atom. The zero-order valence-corrected chi connectivity index (χ0v) is 14.7. The number of thioether (sulfide) groups is 1. The van der Waals surface area contributed by atoms with Crippen LogP contribution in [0.2, 0.25) is 0 Å². The molecule has 19 heavy (non-hydrogen) atoms. The van der Waals surface area contributed by atoms with Gasteiger partial charge >= 0.3 is 0 Å². The molecule has 1 aliphatic heterocycles. The lowest BCUT2D eigenvalue weighted by Crippen LogP contribution is -2.37. The second-order valence-electron chi connectivity index (χ2n) is 4.15. The lowest BCUT2D eigenvalue weighted by molar-refractivity contribution is 0.443. The number of nitrogens with one attached hydrogen (secondary N) is 1. The highest BCUT2D eigenvalue weighted by atomic mass is 79.9. The minimum atomic E-state index is -3.34. The van der Waals surface area contributed by atoms with Crippen LogP contribution in [0.4, 0.5) is 0 Å². The fourth-order valence-corrected chi connectivity index (χ4v) is 7.01. The molecule has 0 spiro atoms. The van der Waals surface area contributed by atoms with Crippen LogP contribution in [0.1, 0.15) is 11.8 Å². The van der Waals surface area contributed by atoms with Crippen LogP contribution in [0, 0.1) is 0 Å². The Labute approximate surface area is 131 Å². The van der Waals surface area contributed by atoms with Gasteiger partial charge in [0.2, 0.25) is 10.0 Å². The van der Waals surface area contributed by atoms with Crippen molar-refractivity contribution < 1.29 is 8.42 Å². The van der Waals surface area contributed by atoms with E-state index in [0.717, 1.165) is 22.9 Å². The minimum Gasteiger partial charge on any atom is -0.312 e. The van der Waals surface area contributed by atoms with Crippen LogP contribution >= 0.6 is 39.0 Å². The van der Waals surface area contributed by atoms with Crippen molar-refractivity contribution in [3.8, 4) is 0 Å². The molecule has 0 radical (unpaired) electrons. The first kappa shape index (κ1) is 15.8. The van der Waals surface area contributed by atoms with Gasteiger partial charge in [0.15, 0.2) is 0 Å². The van der Waals surface area contributed by atoms with Crippen LogP contribution in [-0.4, -0.2) is 43.9 Å². The van der Waals surface area contributed by atoms with Crippen molar-refractivity contribution in [2.75, 3.05) is 31.1 Å². The molecule has 1 aromatic rings. The average molecular weight is 385 g/mol. The molecule has 0 amide bonds. The van der Waals surface area contributed by atoms with Crippen molar-refractivity contribution in [1.29, 1.82) is 0 Å². The summed E-state index contributed by atoms with van der Waals surface area (Å²) in [6.07, 6.45) is 0. The molecular formula is C11H17BrN2O2S3. The lowest BCUT2D eigenvalue weighted by Gasteiger charge is -2.25. The third kappa shape index (κ3) is 3.74. The number of hydrogen-bond donors (Lipinski definition) is 1. The Morgan fingerprint density at radius 3 is 2.74 bits per heavy atom. The van der Waals surface area contributed by atoms with Crippen LogP contribution in [0.3, 0.4) is 0 Å². The van der Waals surface area contributed by atoms with Crippen LogP contribution < -0.4 is 5.32 Å². The summed E-state index contributed by atoms with van der Waals surface area (Å²) in [4.78, 5) is 1.45. The molecule has 0 saturated carbocycles. The van der Waals surface area contributed by atoms with Crippen molar-refractivity contribution in [2.24, 2.45) is 0 Å². The van der Waals surface area contributed by atoms with Gasteiger partial charge < -0.3 is 5.32 Å². The second-order valence-corrected chi connectivity index (χ2v) is 9.73. The third-order valence-electron chi connectivity index (χ3n) is 2.84. The van der Waals surface area contributed by atoms with Crippen molar-refractivity contribution in [3.63, 3.8) is 0 Å². The Bertz CT molecular complexity index is 524. The first-order valence-electron chi connectivity index (χ1n) is 6.12. The number of rotatable bonds is 5. The van der Waals surface area contributed by atoms with Gasteiger partial charge in [-0.25, -0.2) is 8.42 Å². The zero-order chi connectivity index (χ0) is 13.9. The lowest BCUT2D eigenvalue weighted by atomic mass is 10.4. The second kappa shape index (κ2) is 6.91. The minimum absolute atomic E-state index is 0.414. The number of sulfonamides is 1. The summed E-state index contributed by atoms with van der Waals surface area (Å²) in [6, 6.07) is 1.79. The fraction of sp³-hybridized carbons (Fsp3) is 0.636. The van der Waals surface area contributed by atoms with E-state index in [1.165, 1.54) is 11.3 Å². The number of thiophene rings is 1. The predicted molar refractivity (Wildman–Crippen MR) is 85.5 cm³/mol. The highest BCUT2D eigenvalue weighted by Gasteiger charge is 2.29. The monoisotopic (exact) mass is 384 g/mol. The molecule has 0 unspecified atom stereocenters. The highest BCUT2D eigenvalue weighted by Crippen LogP contribution is 2.34. The molecular weight excluding hydrogens is 368 g/mol. The molecule has 1 aliphatic rings. The molecule has 4 nitrogen and oxygen atoms in total. The summed E-state index contributed by atoms with van der Waals surface area (Å²) < 4.78 is 27.4. The quantitative estimate of drug-likeness (QED) is 0.846. The molecule has 0 bridgehead atoms. The van der Waals surface area contributed by atoms with Crippen LogP contribution in [0.15, 0.2) is 14.7 Å². The van der Waals surface area contributed by atoms with Crippen molar-refractivity contribution in [1.82, 2.24) is 9.62 Å². The summed E-state index contributed by atoms with van der Waals surface area (Å²) >= 11 is 6.68. The normalized spacial score (nSPS) is 17.8. The first-order chi connectivity index (χ1) is 9.05. The standard InChI is InChI=1S/C11H17BrN2O2S3/c1-2-13-8-9-7-10(11(12)18-9)19(15,16)14-3-5-17-6-4-14/h7,13H,2-6,8H2,1H3. The summed E-state index contributed by atoms with van der Waals surface area (Å²) in [5.74, 6) is 1.76. The van der Waals surface area contributed by atoms with Gasteiger partial charge in [0.05, 0.1) is 3.79 Å². The van der Waals surface area contributed by atoms with E-state index in [1.54, 1.807) is 22.1 Å². The van der Waals surface area contributed by atoms with E-state index in [4.69, 9.17) is 0 Å². The van der Waals surface area contributed by atoms with E-state index >= 15 is 0 Å². The smallest absolute Gasteiger partial charge is 0.245 e. The Kier molecular flexibility index (Phi) is 5.74. The van der Waals surface area contributed by atoms with Gasteiger partial charge in [-0.1, -0.05) is 6.92 Å². The molecule has 1 fully saturated rings. The molecule has 1 N–H and O–H groups in total. The van der Waals surface area contributed by atoms with Gasteiger partial charge in [-0.15, -0.1) is 11.3 Å². The molecule has 0 aromatic carbocycles. The van der Waals surface area contributed by atoms with Crippen molar-refractivity contribution in [2.45, 2.75) is 18.4 Å². The molecule has 1 aromatic heterocycles. The molecule has 8 heteroatoms. The fourth-order valence-electron chi connectivity index (χ4n) is 1.84. The van der Waals surface area contributed by atoms with Crippen molar-refractivity contribution in [3.05, 3.63) is 14.7 Å². The molecule has 2 rings (SSSR count). The third-order valence-corrected chi connectivity index (χ3v) is 7.94. The topological polar surface area (TPSA) is 49.4 Å². The average Bonchev–Trinajstić information content (AvgIpc) is 2.79.